The van der Waals surface area contributed by atoms with Crippen molar-refractivity contribution < 1.29 is 0 Å². The van der Waals surface area contributed by atoms with Crippen molar-refractivity contribution in [1.82, 2.24) is 10.2 Å². The minimum atomic E-state index is 0.997. The lowest BCUT2D eigenvalue weighted by Gasteiger charge is -2.33. The van der Waals surface area contributed by atoms with Crippen LogP contribution in [0.2, 0.25) is 0 Å². The van der Waals surface area contributed by atoms with Crippen LogP contribution in [0.5, 0.6) is 0 Å². The van der Waals surface area contributed by atoms with Crippen LogP contribution in [-0.2, 0) is 0 Å². The quantitative estimate of drug-likeness (QED) is 0.746. The molecular formula is C14H28N2. The summed E-state index contributed by atoms with van der Waals surface area (Å²) in [4.78, 5) is 2.69. The Morgan fingerprint density at radius 1 is 1.06 bits per heavy atom. The Balaban J connectivity index is 1.61. The molecule has 2 rings (SSSR count). The van der Waals surface area contributed by atoms with Crippen LogP contribution in [0.1, 0.15) is 45.4 Å². The molecule has 2 nitrogen and oxygen atoms in total. The van der Waals surface area contributed by atoms with E-state index < -0.39 is 0 Å². The second-order valence-corrected chi connectivity index (χ2v) is 5.67. The molecule has 0 atom stereocenters. The highest BCUT2D eigenvalue weighted by atomic mass is 15.1. The number of rotatable bonds is 6. The first-order chi connectivity index (χ1) is 7.88. The highest BCUT2D eigenvalue weighted by Gasteiger charge is 2.20. The smallest absolute Gasteiger partial charge is 0.000954 e. The van der Waals surface area contributed by atoms with E-state index in [0.717, 1.165) is 11.8 Å². The molecule has 2 aliphatic rings. The second-order valence-electron chi connectivity index (χ2n) is 5.67. The molecule has 0 bridgehead atoms. The van der Waals surface area contributed by atoms with Crippen LogP contribution in [0, 0.1) is 11.8 Å². The van der Waals surface area contributed by atoms with Crippen LogP contribution in [0.4, 0.5) is 0 Å². The van der Waals surface area contributed by atoms with Crippen molar-refractivity contribution in [2.45, 2.75) is 45.4 Å². The molecule has 0 aromatic heterocycles. The van der Waals surface area contributed by atoms with Gasteiger partial charge in [-0.05, 0) is 70.1 Å². The minimum absolute atomic E-state index is 0.997. The molecular weight excluding hydrogens is 196 g/mol. The van der Waals surface area contributed by atoms with E-state index in [-0.39, 0.29) is 0 Å². The van der Waals surface area contributed by atoms with E-state index in [1.54, 1.807) is 0 Å². The predicted molar refractivity (Wildman–Crippen MR) is 69.7 cm³/mol. The first kappa shape index (κ1) is 12.4. The van der Waals surface area contributed by atoms with E-state index in [1.807, 2.05) is 0 Å². The lowest BCUT2D eigenvalue weighted by molar-refractivity contribution is 0.170. The SMILES string of the molecule is CCN(CCC1CCNCC1)CC1CCC1. The van der Waals surface area contributed by atoms with E-state index in [2.05, 4.69) is 17.1 Å². The fourth-order valence-corrected chi connectivity index (χ4v) is 2.95. The Morgan fingerprint density at radius 3 is 2.38 bits per heavy atom. The van der Waals surface area contributed by atoms with Gasteiger partial charge in [0.15, 0.2) is 0 Å². The van der Waals surface area contributed by atoms with Gasteiger partial charge in [0.25, 0.3) is 0 Å². The van der Waals surface area contributed by atoms with Crippen molar-refractivity contribution in [3.05, 3.63) is 0 Å². The summed E-state index contributed by atoms with van der Waals surface area (Å²) in [6.45, 7) is 8.79. The molecule has 94 valence electrons. The van der Waals surface area contributed by atoms with Crippen molar-refractivity contribution in [2.75, 3.05) is 32.7 Å². The Kier molecular flexibility index (Phi) is 5.11. The van der Waals surface area contributed by atoms with Crippen molar-refractivity contribution >= 4 is 0 Å². The maximum atomic E-state index is 3.45. The normalized spacial score (nSPS) is 23.6. The van der Waals surface area contributed by atoms with Gasteiger partial charge in [0, 0.05) is 6.54 Å². The summed E-state index contributed by atoms with van der Waals surface area (Å²) in [5.41, 5.74) is 0. The Bertz CT molecular complexity index is 183. The first-order valence-electron chi connectivity index (χ1n) is 7.31. The van der Waals surface area contributed by atoms with Crippen LogP contribution >= 0.6 is 0 Å². The van der Waals surface area contributed by atoms with Gasteiger partial charge in [-0.15, -0.1) is 0 Å². The fourth-order valence-electron chi connectivity index (χ4n) is 2.95. The molecule has 1 heterocycles. The molecule has 0 radical (unpaired) electrons. The molecule has 2 heteroatoms. The molecule has 1 aliphatic heterocycles. The van der Waals surface area contributed by atoms with E-state index in [1.165, 1.54) is 71.2 Å². The number of piperidine rings is 1. The summed E-state index contributed by atoms with van der Waals surface area (Å²) in [7, 11) is 0. The third-order valence-corrected chi connectivity index (χ3v) is 4.50. The molecule has 2 fully saturated rings. The van der Waals surface area contributed by atoms with Gasteiger partial charge in [-0.25, -0.2) is 0 Å². The van der Waals surface area contributed by atoms with Crippen molar-refractivity contribution in [3.8, 4) is 0 Å². The molecule has 0 aromatic rings. The molecule has 0 unspecified atom stereocenters. The molecule has 1 aliphatic carbocycles. The number of hydrogen-bond donors (Lipinski definition) is 1. The summed E-state index contributed by atoms with van der Waals surface area (Å²) in [6.07, 6.45) is 8.70. The first-order valence-corrected chi connectivity index (χ1v) is 7.31. The van der Waals surface area contributed by atoms with Crippen LogP contribution in [0.15, 0.2) is 0 Å². The van der Waals surface area contributed by atoms with Crippen LogP contribution in [-0.4, -0.2) is 37.6 Å². The Labute approximate surface area is 101 Å². The van der Waals surface area contributed by atoms with E-state index in [0.29, 0.717) is 0 Å². The van der Waals surface area contributed by atoms with Gasteiger partial charge in [-0.2, -0.15) is 0 Å². The highest BCUT2D eigenvalue weighted by Crippen LogP contribution is 2.27. The second kappa shape index (κ2) is 6.61. The van der Waals surface area contributed by atoms with Gasteiger partial charge in [0.05, 0.1) is 0 Å². The van der Waals surface area contributed by atoms with Gasteiger partial charge in [0.2, 0.25) is 0 Å². The van der Waals surface area contributed by atoms with Gasteiger partial charge >= 0.3 is 0 Å². The van der Waals surface area contributed by atoms with Crippen molar-refractivity contribution in [3.63, 3.8) is 0 Å². The van der Waals surface area contributed by atoms with Gasteiger partial charge in [-0.1, -0.05) is 13.3 Å². The van der Waals surface area contributed by atoms with E-state index in [9.17, 15) is 0 Å². The minimum Gasteiger partial charge on any atom is -0.317 e. The molecule has 1 saturated carbocycles. The number of nitrogens with zero attached hydrogens (tertiary/aromatic N) is 1. The van der Waals surface area contributed by atoms with E-state index in [4.69, 9.17) is 0 Å². The Morgan fingerprint density at radius 2 is 1.81 bits per heavy atom. The van der Waals surface area contributed by atoms with E-state index >= 15 is 0 Å². The number of nitrogens with one attached hydrogen (secondary N) is 1. The average Bonchev–Trinajstić information content (AvgIpc) is 2.28. The zero-order valence-corrected chi connectivity index (χ0v) is 10.9. The maximum Gasteiger partial charge on any atom is 0.000954 e. The monoisotopic (exact) mass is 224 g/mol. The zero-order valence-electron chi connectivity index (χ0n) is 10.9. The standard InChI is InChI=1S/C14H28N2/c1-2-16(12-14-4-3-5-14)11-8-13-6-9-15-10-7-13/h13-15H,2-12H2,1H3. The molecule has 0 amide bonds. The summed E-state index contributed by atoms with van der Waals surface area (Å²) in [6, 6.07) is 0. The zero-order chi connectivity index (χ0) is 11.2. The molecule has 0 aromatic carbocycles. The van der Waals surface area contributed by atoms with Crippen molar-refractivity contribution in [1.29, 1.82) is 0 Å². The summed E-state index contributed by atoms with van der Waals surface area (Å²) in [5, 5.41) is 3.45. The summed E-state index contributed by atoms with van der Waals surface area (Å²) >= 11 is 0. The third kappa shape index (κ3) is 3.74. The molecule has 16 heavy (non-hydrogen) atoms. The molecule has 1 N–H and O–H groups in total. The number of hydrogen-bond acceptors (Lipinski definition) is 2. The molecule has 1 saturated heterocycles. The van der Waals surface area contributed by atoms with Crippen LogP contribution in [0.25, 0.3) is 0 Å². The lowest BCUT2D eigenvalue weighted by atomic mass is 9.85. The summed E-state index contributed by atoms with van der Waals surface area (Å²) < 4.78 is 0. The summed E-state index contributed by atoms with van der Waals surface area (Å²) in [5.74, 6) is 2.03. The fraction of sp³-hybridized carbons (Fsp3) is 1.00. The Hall–Kier alpha value is -0.0800. The lowest BCUT2D eigenvalue weighted by Crippen LogP contribution is -2.35. The van der Waals surface area contributed by atoms with Gasteiger partial charge in [-0.3, -0.25) is 0 Å². The average molecular weight is 224 g/mol. The van der Waals surface area contributed by atoms with Crippen molar-refractivity contribution in [2.24, 2.45) is 11.8 Å². The maximum absolute atomic E-state index is 3.45. The van der Waals surface area contributed by atoms with Crippen LogP contribution in [0.3, 0.4) is 0 Å². The van der Waals surface area contributed by atoms with Crippen LogP contribution < -0.4 is 5.32 Å². The predicted octanol–water partition coefficient (Wildman–Crippen LogP) is 2.50. The van der Waals surface area contributed by atoms with Gasteiger partial charge in [0.1, 0.15) is 0 Å². The topological polar surface area (TPSA) is 15.3 Å². The molecule has 0 spiro atoms. The third-order valence-electron chi connectivity index (χ3n) is 4.50. The largest absolute Gasteiger partial charge is 0.317 e. The van der Waals surface area contributed by atoms with Gasteiger partial charge < -0.3 is 10.2 Å². The highest BCUT2D eigenvalue weighted by molar-refractivity contribution is 4.75.